The first-order valence-corrected chi connectivity index (χ1v) is 7.55. The number of rotatable bonds is 6. The molecule has 1 aromatic rings. The molecule has 0 aliphatic carbocycles. The van der Waals surface area contributed by atoms with E-state index in [1.807, 2.05) is 4.72 Å². The van der Waals surface area contributed by atoms with E-state index in [4.69, 9.17) is 9.47 Å². The van der Waals surface area contributed by atoms with Gasteiger partial charge in [0.2, 0.25) is 10.0 Å². The summed E-state index contributed by atoms with van der Waals surface area (Å²) in [5, 5.41) is 0. The van der Waals surface area contributed by atoms with Crippen LogP contribution < -0.4 is 14.2 Å². The first-order valence-electron chi connectivity index (χ1n) is 5.66. The van der Waals surface area contributed by atoms with Gasteiger partial charge in [-0.05, 0) is 18.2 Å². The van der Waals surface area contributed by atoms with Gasteiger partial charge in [-0.25, -0.2) is 17.9 Å². The largest absolute Gasteiger partial charge is 0.493 e. The topological polar surface area (TPSA) is 108 Å². The number of methoxy groups -OCH3 is 2. The maximum Gasteiger partial charge on any atom is 0.343 e. The van der Waals surface area contributed by atoms with E-state index in [0.29, 0.717) is 0 Å². The molecular formula is C12H15NO7S. The molecule has 0 aliphatic rings. The summed E-state index contributed by atoms with van der Waals surface area (Å²) in [5.41, 5.74) is 0.0719. The Bertz CT molecular complexity index is 639. The fourth-order valence-electron chi connectivity index (χ4n) is 1.35. The van der Waals surface area contributed by atoms with Crippen LogP contribution in [0.1, 0.15) is 10.4 Å². The fraction of sp³-hybridized carbons (Fsp3) is 0.333. The highest BCUT2D eigenvalue weighted by atomic mass is 32.2. The normalized spacial score (nSPS) is 10.6. The second-order valence-electron chi connectivity index (χ2n) is 3.93. The van der Waals surface area contributed by atoms with Crippen LogP contribution in [-0.4, -0.2) is 47.4 Å². The van der Waals surface area contributed by atoms with Crippen LogP contribution in [0.15, 0.2) is 18.2 Å². The molecule has 0 spiro atoms. The third-order valence-corrected chi connectivity index (χ3v) is 2.83. The molecule has 9 heteroatoms. The number of hydrogen-bond donors (Lipinski definition) is 1. The molecule has 0 radical (unpaired) electrons. The Morgan fingerprint density at radius 1 is 1.19 bits per heavy atom. The Morgan fingerprint density at radius 3 is 2.38 bits per heavy atom. The summed E-state index contributed by atoms with van der Waals surface area (Å²) in [7, 11) is -1.09. The quantitative estimate of drug-likeness (QED) is 0.732. The molecule has 8 nitrogen and oxygen atoms in total. The monoisotopic (exact) mass is 317 g/mol. The summed E-state index contributed by atoms with van der Waals surface area (Å²) in [5.74, 6) is -0.967. The van der Waals surface area contributed by atoms with Crippen LogP contribution in [0.25, 0.3) is 0 Å². The van der Waals surface area contributed by atoms with E-state index >= 15 is 0 Å². The van der Waals surface area contributed by atoms with Crippen molar-refractivity contribution >= 4 is 21.9 Å². The van der Waals surface area contributed by atoms with Crippen molar-refractivity contribution in [1.82, 2.24) is 4.72 Å². The SMILES string of the molecule is COC(=O)COc1ccc(C(=O)NS(C)(=O)=O)cc1OC. The van der Waals surface area contributed by atoms with Crippen molar-refractivity contribution < 1.29 is 32.2 Å². The Hall–Kier alpha value is -2.29. The molecule has 0 unspecified atom stereocenters. The third-order valence-electron chi connectivity index (χ3n) is 2.28. The van der Waals surface area contributed by atoms with Crippen molar-refractivity contribution in [2.45, 2.75) is 0 Å². The average molecular weight is 317 g/mol. The van der Waals surface area contributed by atoms with Crippen molar-refractivity contribution in [3.63, 3.8) is 0 Å². The lowest BCUT2D eigenvalue weighted by atomic mass is 10.2. The first-order chi connectivity index (χ1) is 9.76. The van der Waals surface area contributed by atoms with Gasteiger partial charge in [-0.1, -0.05) is 0 Å². The minimum atomic E-state index is -3.66. The minimum absolute atomic E-state index is 0.0719. The average Bonchev–Trinajstić information content (AvgIpc) is 2.42. The lowest BCUT2D eigenvalue weighted by Crippen LogP contribution is -2.29. The molecule has 0 fully saturated rings. The second-order valence-corrected chi connectivity index (χ2v) is 5.68. The Morgan fingerprint density at radius 2 is 1.86 bits per heavy atom. The first kappa shape index (κ1) is 16.8. The van der Waals surface area contributed by atoms with E-state index in [1.165, 1.54) is 32.4 Å². The van der Waals surface area contributed by atoms with Gasteiger partial charge < -0.3 is 14.2 Å². The van der Waals surface area contributed by atoms with E-state index < -0.39 is 21.9 Å². The number of ether oxygens (including phenoxy) is 3. The highest BCUT2D eigenvalue weighted by Crippen LogP contribution is 2.28. The Kier molecular flexibility index (Phi) is 5.53. The van der Waals surface area contributed by atoms with Crippen molar-refractivity contribution in [2.24, 2.45) is 0 Å². The molecule has 1 amide bonds. The number of benzene rings is 1. The lowest BCUT2D eigenvalue weighted by Gasteiger charge is -2.11. The van der Waals surface area contributed by atoms with Crippen LogP contribution in [0, 0.1) is 0 Å². The number of sulfonamides is 1. The maximum absolute atomic E-state index is 11.7. The van der Waals surface area contributed by atoms with E-state index in [2.05, 4.69) is 4.74 Å². The van der Waals surface area contributed by atoms with Crippen LogP contribution in [0.4, 0.5) is 0 Å². The summed E-state index contributed by atoms with van der Waals surface area (Å²) in [6.45, 7) is -0.318. The van der Waals surface area contributed by atoms with E-state index in [-0.39, 0.29) is 23.7 Å². The van der Waals surface area contributed by atoms with Gasteiger partial charge in [0.1, 0.15) is 0 Å². The maximum atomic E-state index is 11.7. The molecule has 0 aromatic heterocycles. The molecule has 21 heavy (non-hydrogen) atoms. The fourth-order valence-corrected chi connectivity index (χ4v) is 1.81. The van der Waals surface area contributed by atoms with Crippen LogP contribution in [0.2, 0.25) is 0 Å². The van der Waals surface area contributed by atoms with E-state index in [9.17, 15) is 18.0 Å². The van der Waals surface area contributed by atoms with Gasteiger partial charge in [0.05, 0.1) is 20.5 Å². The molecule has 0 heterocycles. The van der Waals surface area contributed by atoms with Crippen molar-refractivity contribution in [1.29, 1.82) is 0 Å². The Labute approximate surface area is 122 Å². The molecule has 1 N–H and O–H groups in total. The molecule has 0 bridgehead atoms. The molecule has 0 aliphatic heterocycles. The minimum Gasteiger partial charge on any atom is -0.493 e. The molecular weight excluding hydrogens is 302 g/mol. The smallest absolute Gasteiger partial charge is 0.343 e. The van der Waals surface area contributed by atoms with Gasteiger partial charge >= 0.3 is 5.97 Å². The molecule has 0 saturated heterocycles. The van der Waals surface area contributed by atoms with Crippen molar-refractivity contribution in [2.75, 3.05) is 27.1 Å². The summed E-state index contributed by atoms with van der Waals surface area (Å²) >= 11 is 0. The van der Waals surface area contributed by atoms with Crippen LogP contribution in [0.3, 0.4) is 0 Å². The number of esters is 1. The van der Waals surface area contributed by atoms with Crippen molar-refractivity contribution in [3.8, 4) is 11.5 Å². The molecule has 1 rings (SSSR count). The van der Waals surface area contributed by atoms with Crippen molar-refractivity contribution in [3.05, 3.63) is 23.8 Å². The number of nitrogens with one attached hydrogen (secondary N) is 1. The predicted molar refractivity (Wildman–Crippen MR) is 72.8 cm³/mol. The summed E-state index contributed by atoms with van der Waals surface area (Å²) in [6, 6.07) is 4.03. The zero-order valence-corrected chi connectivity index (χ0v) is 12.5. The zero-order chi connectivity index (χ0) is 16.0. The van der Waals surface area contributed by atoms with Gasteiger partial charge in [0.15, 0.2) is 18.1 Å². The lowest BCUT2D eigenvalue weighted by molar-refractivity contribution is -0.142. The van der Waals surface area contributed by atoms with Crippen LogP contribution >= 0.6 is 0 Å². The van der Waals surface area contributed by atoms with Gasteiger partial charge in [-0.15, -0.1) is 0 Å². The van der Waals surface area contributed by atoms with Crippen LogP contribution in [0.5, 0.6) is 11.5 Å². The molecule has 0 atom stereocenters. The number of hydrogen-bond acceptors (Lipinski definition) is 7. The Balaban J connectivity index is 2.93. The predicted octanol–water partition coefficient (Wildman–Crippen LogP) is -0.0636. The summed E-state index contributed by atoms with van der Waals surface area (Å²) < 4.78 is 38.5. The third kappa shape index (κ3) is 5.30. The summed E-state index contributed by atoms with van der Waals surface area (Å²) in [4.78, 5) is 22.7. The van der Waals surface area contributed by atoms with E-state index in [1.54, 1.807) is 0 Å². The number of carbonyl (C=O) groups is 2. The van der Waals surface area contributed by atoms with Crippen LogP contribution in [-0.2, 0) is 19.6 Å². The number of amides is 1. The standard InChI is InChI=1S/C12H15NO7S/c1-18-10-6-8(12(15)13-21(3,16)17)4-5-9(10)20-7-11(14)19-2/h4-6H,7H2,1-3H3,(H,13,15). The molecule has 116 valence electrons. The molecule has 0 saturated carbocycles. The summed E-state index contributed by atoms with van der Waals surface area (Å²) in [6.07, 6.45) is 0.871. The van der Waals surface area contributed by atoms with E-state index in [0.717, 1.165) is 6.26 Å². The molecule has 1 aromatic carbocycles. The highest BCUT2D eigenvalue weighted by molar-refractivity contribution is 7.89. The van der Waals surface area contributed by atoms with Gasteiger partial charge in [0, 0.05) is 5.56 Å². The van der Waals surface area contributed by atoms with Gasteiger partial charge in [-0.2, -0.15) is 0 Å². The highest BCUT2D eigenvalue weighted by Gasteiger charge is 2.15. The zero-order valence-electron chi connectivity index (χ0n) is 11.7. The second kappa shape index (κ2) is 6.93. The van der Waals surface area contributed by atoms with Gasteiger partial charge in [0.25, 0.3) is 5.91 Å². The number of carbonyl (C=O) groups excluding carboxylic acids is 2. The van der Waals surface area contributed by atoms with Gasteiger partial charge in [-0.3, -0.25) is 4.79 Å².